The standard InChI is InChI=1S/C13H24N2O/c1-3-13(2)12(16)15(10-14-13)9-11-7-5-4-6-8-11/h11,14H,3-10H2,1-2H3. The molecule has 0 aromatic carbocycles. The van der Waals surface area contributed by atoms with Gasteiger partial charge >= 0.3 is 0 Å². The third-order valence-electron chi connectivity index (χ3n) is 4.33. The van der Waals surface area contributed by atoms with Crippen molar-refractivity contribution in [1.29, 1.82) is 0 Å². The van der Waals surface area contributed by atoms with Crippen LogP contribution in [0, 0.1) is 5.92 Å². The maximum absolute atomic E-state index is 12.2. The summed E-state index contributed by atoms with van der Waals surface area (Å²) < 4.78 is 0. The molecule has 1 unspecified atom stereocenters. The molecule has 1 heterocycles. The molecule has 1 N–H and O–H groups in total. The van der Waals surface area contributed by atoms with E-state index in [2.05, 4.69) is 12.2 Å². The first kappa shape index (κ1) is 11.9. The van der Waals surface area contributed by atoms with E-state index in [-0.39, 0.29) is 5.54 Å². The second-order valence-electron chi connectivity index (χ2n) is 5.55. The van der Waals surface area contributed by atoms with Crippen LogP contribution in [0.3, 0.4) is 0 Å². The van der Waals surface area contributed by atoms with Crippen LogP contribution in [0.1, 0.15) is 52.4 Å². The summed E-state index contributed by atoms with van der Waals surface area (Å²) in [5.74, 6) is 1.05. The van der Waals surface area contributed by atoms with Crippen molar-refractivity contribution in [2.75, 3.05) is 13.2 Å². The van der Waals surface area contributed by atoms with E-state index in [1.165, 1.54) is 32.1 Å². The van der Waals surface area contributed by atoms with Crippen molar-refractivity contribution >= 4 is 5.91 Å². The molecular weight excluding hydrogens is 200 g/mol. The molecule has 92 valence electrons. The molecule has 1 atom stereocenters. The minimum atomic E-state index is -0.297. The van der Waals surface area contributed by atoms with Gasteiger partial charge in [-0.25, -0.2) is 0 Å². The summed E-state index contributed by atoms with van der Waals surface area (Å²) in [6.45, 7) is 5.83. The lowest BCUT2D eigenvalue weighted by Crippen LogP contribution is -2.43. The Morgan fingerprint density at radius 3 is 2.62 bits per heavy atom. The number of hydrogen-bond donors (Lipinski definition) is 1. The first-order chi connectivity index (χ1) is 7.65. The average molecular weight is 224 g/mol. The highest BCUT2D eigenvalue weighted by Gasteiger charge is 2.41. The van der Waals surface area contributed by atoms with Crippen LogP contribution in [0.4, 0.5) is 0 Å². The predicted molar refractivity (Wildman–Crippen MR) is 65.0 cm³/mol. The SMILES string of the molecule is CCC1(C)NCN(CC2CCCCC2)C1=O. The van der Waals surface area contributed by atoms with Crippen molar-refractivity contribution < 1.29 is 4.79 Å². The Hall–Kier alpha value is -0.570. The van der Waals surface area contributed by atoms with Crippen molar-refractivity contribution in [2.24, 2.45) is 5.92 Å². The van der Waals surface area contributed by atoms with Crippen molar-refractivity contribution in [3.8, 4) is 0 Å². The van der Waals surface area contributed by atoms with E-state index in [1.807, 2.05) is 11.8 Å². The van der Waals surface area contributed by atoms with Gasteiger partial charge in [-0.2, -0.15) is 0 Å². The largest absolute Gasteiger partial charge is 0.328 e. The van der Waals surface area contributed by atoms with E-state index >= 15 is 0 Å². The summed E-state index contributed by atoms with van der Waals surface area (Å²) >= 11 is 0. The lowest BCUT2D eigenvalue weighted by Gasteiger charge is -2.27. The number of carbonyl (C=O) groups excluding carboxylic acids is 1. The van der Waals surface area contributed by atoms with Gasteiger partial charge in [0.05, 0.1) is 12.2 Å². The molecule has 2 rings (SSSR count). The van der Waals surface area contributed by atoms with Crippen LogP contribution in [0.25, 0.3) is 0 Å². The molecule has 1 aliphatic heterocycles. The molecule has 0 radical (unpaired) electrons. The molecule has 3 nitrogen and oxygen atoms in total. The molecule has 1 aliphatic carbocycles. The highest BCUT2D eigenvalue weighted by Crippen LogP contribution is 2.27. The van der Waals surface area contributed by atoms with Crippen LogP contribution >= 0.6 is 0 Å². The fourth-order valence-corrected chi connectivity index (χ4v) is 2.87. The summed E-state index contributed by atoms with van der Waals surface area (Å²) in [4.78, 5) is 14.2. The smallest absolute Gasteiger partial charge is 0.243 e. The maximum atomic E-state index is 12.2. The van der Waals surface area contributed by atoms with E-state index in [9.17, 15) is 4.79 Å². The van der Waals surface area contributed by atoms with E-state index in [1.54, 1.807) is 0 Å². The molecule has 2 fully saturated rings. The minimum absolute atomic E-state index is 0.297. The quantitative estimate of drug-likeness (QED) is 0.796. The highest BCUT2D eigenvalue weighted by atomic mass is 16.2. The number of hydrogen-bond acceptors (Lipinski definition) is 2. The number of rotatable bonds is 3. The van der Waals surface area contributed by atoms with Gasteiger partial charge in [0.2, 0.25) is 5.91 Å². The topological polar surface area (TPSA) is 32.3 Å². The molecular formula is C13H24N2O. The Labute approximate surface area is 98.6 Å². The molecule has 2 aliphatic rings. The zero-order chi connectivity index (χ0) is 11.6. The maximum Gasteiger partial charge on any atom is 0.243 e. The fraction of sp³-hybridized carbons (Fsp3) is 0.923. The Bertz CT molecular complexity index is 261. The third-order valence-corrected chi connectivity index (χ3v) is 4.33. The lowest BCUT2D eigenvalue weighted by atomic mass is 9.88. The van der Waals surface area contributed by atoms with Gasteiger partial charge in [-0.05, 0) is 32.1 Å². The van der Waals surface area contributed by atoms with Gasteiger partial charge in [0.15, 0.2) is 0 Å². The monoisotopic (exact) mass is 224 g/mol. The Balaban J connectivity index is 1.89. The van der Waals surface area contributed by atoms with Gasteiger partial charge in [0.1, 0.15) is 0 Å². The van der Waals surface area contributed by atoms with Crippen molar-refractivity contribution in [2.45, 2.75) is 57.9 Å². The molecule has 1 amide bonds. The molecule has 3 heteroatoms. The lowest BCUT2D eigenvalue weighted by molar-refractivity contribution is -0.132. The summed E-state index contributed by atoms with van der Waals surface area (Å²) in [5, 5.41) is 3.35. The van der Waals surface area contributed by atoms with Crippen molar-refractivity contribution in [1.82, 2.24) is 10.2 Å². The Morgan fingerprint density at radius 2 is 2.06 bits per heavy atom. The molecule has 16 heavy (non-hydrogen) atoms. The average Bonchev–Trinajstić information content (AvgIpc) is 2.60. The normalized spacial score (nSPS) is 32.4. The number of nitrogens with zero attached hydrogens (tertiary/aromatic N) is 1. The van der Waals surface area contributed by atoms with Crippen molar-refractivity contribution in [3.63, 3.8) is 0 Å². The van der Waals surface area contributed by atoms with Gasteiger partial charge in [-0.3, -0.25) is 10.1 Å². The minimum Gasteiger partial charge on any atom is -0.328 e. The number of amides is 1. The Kier molecular flexibility index (Phi) is 3.53. The second kappa shape index (κ2) is 4.74. The van der Waals surface area contributed by atoms with Gasteiger partial charge in [-0.1, -0.05) is 26.2 Å². The van der Waals surface area contributed by atoms with Crippen LogP contribution in [0.5, 0.6) is 0 Å². The van der Waals surface area contributed by atoms with E-state index in [4.69, 9.17) is 0 Å². The number of carbonyl (C=O) groups is 1. The van der Waals surface area contributed by atoms with Gasteiger partial charge in [0.25, 0.3) is 0 Å². The first-order valence-electron chi connectivity index (χ1n) is 6.70. The van der Waals surface area contributed by atoms with Gasteiger partial charge in [-0.15, -0.1) is 0 Å². The van der Waals surface area contributed by atoms with Crippen LogP contribution in [-0.2, 0) is 4.79 Å². The van der Waals surface area contributed by atoms with Gasteiger partial charge < -0.3 is 4.90 Å². The third kappa shape index (κ3) is 2.24. The highest BCUT2D eigenvalue weighted by molar-refractivity contribution is 5.87. The van der Waals surface area contributed by atoms with Crippen LogP contribution in [-0.4, -0.2) is 29.6 Å². The summed E-state index contributed by atoms with van der Waals surface area (Å²) in [7, 11) is 0. The van der Waals surface area contributed by atoms with E-state index < -0.39 is 0 Å². The molecule has 1 saturated carbocycles. The zero-order valence-electron chi connectivity index (χ0n) is 10.6. The first-order valence-corrected chi connectivity index (χ1v) is 6.70. The van der Waals surface area contributed by atoms with Crippen LogP contribution in [0.2, 0.25) is 0 Å². The Morgan fingerprint density at radius 1 is 1.38 bits per heavy atom. The molecule has 1 saturated heterocycles. The molecule has 0 spiro atoms. The van der Waals surface area contributed by atoms with Crippen LogP contribution in [0.15, 0.2) is 0 Å². The molecule has 0 aromatic heterocycles. The summed E-state index contributed by atoms with van der Waals surface area (Å²) in [6.07, 6.45) is 7.60. The van der Waals surface area contributed by atoms with Gasteiger partial charge in [0, 0.05) is 6.54 Å². The van der Waals surface area contributed by atoms with Crippen molar-refractivity contribution in [3.05, 3.63) is 0 Å². The van der Waals surface area contributed by atoms with Crippen LogP contribution < -0.4 is 5.32 Å². The zero-order valence-corrected chi connectivity index (χ0v) is 10.6. The summed E-state index contributed by atoms with van der Waals surface area (Å²) in [6, 6.07) is 0. The second-order valence-corrected chi connectivity index (χ2v) is 5.55. The molecule has 0 bridgehead atoms. The fourth-order valence-electron chi connectivity index (χ4n) is 2.87. The van der Waals surface area contributed by atoms with E-state index in [0.717, 1.165) is 25.6 Å². The summed E-state index contributed by atoms with van der Waals surface area (Å²) in [5.41, 5.74) is -0.297. The number of nitrogens with one attached hydrogen (secondary N) is 1. The van der Waals surface area contributed by atoms with E-state index in [0.29, 0.717) is 5.91 Å². The predicted octanol–water partition coefficient (Wildman–Crippen LogP) is 2.12. The molecule has 0 aromatic rings.